The smallest absolute Gasteiger partial charge is 0.335 e. The molecule has 0 aromatic heterocycles. The Labute approximate surface area is 106 Å². The van der Waals surface area contributed by atoms with Crippen molar-refractivity contribution in [2.45, 2.75) is 12.2 Å². The van der Waals surface area contributed by atoms with Gasteiger partial charge in [-0.25, -0.2) is 4.79 Å². The predicted octanol–water partition coefficient (Wildman–Crippen LogP) is -0.660. The normalized spacial score (nSPS) is 13.4. The molecule has 1 aromatic rings. The largest absolute Gasteiger partial charge is 0.479 e. The van der Waals surface area contributed by atoms with Crippen molar-refractivity contribution in [3.63, 3.8) is 0 Å². The van der Waals surface area contributed by atoms with Gasteiger partial charge >= 0.3 is 5.97 Å². The standard InChI is InChI=1S/C10H10N2O7/c13-7(8(14)10(16)17)9(15)11-5-2-1-3-6(4-5)12(18)19/h1-4,7-8,13-14H,(H,11,15)(H,16,17). The van der Waals surface area contributed by atoms with Crippen molar-refractivity contribution in [1.29, 1.82) is 0 Å². The number of carbonyl (C=O) groups is 2. The fraction of sp³-hybridized carbons (Fsp3) is 0.200. The van der Waals surface area contributed by atoms with E-state index in [-0.39, 0.29) is 11.4 Å². The highest BCUT2D eigenvalue weighted by atomic mass is 16.6. The van der Waals surface area contributed by atoms with E-state index >= 15 is 0 Å². The Bertz CT molecular complexity index is 516. The van der Waals surface area contributed by atoms with Gasteiger partial charge in [-0.3, -0.25) is 14.9 Å². The minimum absolute atomic E-state index is 0.00385. The molecule has 9 heteroatoms. The number of nitrogens with one attached hydrogen (secondary N) is 1. The number of nitro benzene ring substituents is 1. The van der Waals surface area contributed by atoms with E-state index in [1.165, 1.54) is 18.2 Å². The topological polar surface area (TPSA) is 150 Å². The SMILES string of the molecule is O=C(O)C(O)C(O)C(=O)Nc1cccc([N+](=O)[O-])c1. The fourth-order valence-corrected chi connectivity index (χ4v) is 1.19. The van der Waals surface area contributed by atoms with E-state index in [2.05, 4.69) is 5.32 Å². The number of carboxylic acid groups (broad SMARTS) is 1. The minimum atomic E-state index is -2.28. The number of anilines is 1. The van der Waals surface area contributed by atoms with Crippen LogP contribution in [-0.4, -0.2) is 44.3 Å². The van der Waals surface area contributed by atoms with E-state index in [1.807, 2.05) is 0 Å². The lowest BCUT2D eigenvalue weighted by atomic mass is 10.2. The quantitative estimate of drug-likeness (QED) is 0.409. The highest BCUT2D eigenvalue weighted by Gasteiger charge is 2.30. The first-order valence-corrected chi connectivity index (χ1v) is 4.97. The van der Waals surface area contributed by atoms with Crippen LogP contribution in [-0.2, 0) is 9.59 Å². The first-order chi connectivity index (χ1) is 8.82. The number of nitrogens with zero attached hydrogens (tertiary/aromatic N) is 1. The molecule has 0 aliphatic heterocycles. The molecule has 19 heavy (non-hydrogen) atoms. The Morgan fingerprint density at radius 1 is 1.26 bits per heavy atom. The molecule has 0 bridgehead atoms. The molecule has 1 rings (SSSR count). The number of benzene rings is 1. The number of hydrogen-bond acceptors (Lipinski definition) is 6. The first-order valence-electron chi connectivity index (χ1n) is 4.97. The van der Waals surface area contributed by atoms with Crippen molar-refractivity contribution in [2.75, 3.05) is 5.32 Å². The molecular formula is C10H10N2O7. The Morgan fingerprint density at radius 2 is 1.89 bits per heavy atom. The second kappa shape index (κ2) is 5.89. The van der Waals surface area contributed by atoms with E-state index in [9.17, 15) is 24.8 Å². The van der Waals surface area contributed by atoms with Gasteiger partial charge < -0.3 is 20.6 Å². The number of aliphatic hydroxyl groups is 2. The van der Waals surface area contributed by atoms with Gasteiger partial charge in [-0.2, -0.15) is 0 Å². The van der Waals surface area contributed by atoms with E-state index in [0.717, 1.165) is 6.07 Å². The molecule has 1 aromatic carbocycles. The third kappa shape index (κ3) is 3.72. The number of nitro groups is 1. The van der Waals surface area contributed by atoms with Gasteiger partial charge in [0.05, 0.1) is 4.92 Å². The number of aliphatic carboxylic acids is 1. The Kier molecular flexibility index (Phi) is 4.51. The Hall–Kier alpha value is -2.52. The number of rotatable bonds is 5. The maximum absolute atomic E-state index is 11.4. The number of carboxylic acids is 1. The summed E-state index contributed by atoms with van der Waals surface area (Å²) >= 11 is 0. The molecule has 9 nitrogen and oxygen atoms in total. The van der Waals surface area contributed by atoms with Crippen LogP contribution in [0.5, 0.6) is 0 Å². The molecule has 0 fully saturated rings. The highest BCUT2D eigenvalue weighted by Crippen LogP contribution is 2.17. The van der Waals surface area contributed by atoms with Gasteiger partial charge in [-0.15, -0.1) is 0 Å². The summed E-state index contributed by atoms with van der Waals surface area (Å²) in [6.45, 7) is 0. The minimum Gasteiger partial charge on any atom is -0.479 e. The molecule has 0 aliphatic carbocycles. The summed E-state index contributed by atoms with van der Waals surface area (Å²) in [5, 5.41) is 39.1. The number of carbonyl (C=O) groups excluding carboxylic acids is 1. The average Bonchev–Trinajstić information content (AvgIpc) is 2.37. The van der Waals surface area contributed by atoms with Gasteiger partial charge in [0, 0.05) is 17.8 Å². The highest BCUT2D eigenvalue weighted by molar-refractivity contribution is 5.97. The fourth-order valence-electron chi connectivity index (χ4n) is 1.19. The van der Waals surface area contributed by atoms with Crippen molar-refractivity contribution in [3.8, 4) is 0 Å². The lowest BCUT2D eigenvalue weighted by molar-refractivity contribution is -0.384. The summed E-state index contributed by atoms with van der Waals surface area (Å²) in [4.78, 5) is 31.6. The van der Waals surface area contributed by atoms with Crippen LogP contribution in [0.2, 0.25) is 0 Å². The van der Waals surface area contributed by atoms with Crippen molar-refractivity contribution in [2.24, 2.45) is 0 Å². The lowest BCUT2D eigenvalue weighted by Gasteiger charge is -2.13. The van der Waals surface area contributed by atoms with Gasteiger partial charge in [-0.1, -0.05) is 6.07 Å². The third-order valence-electron chi connectivity index (χ3n) is 2.15. The van der Waals surface area contributed by atoms with Gasteiger partial charge in [0.1, 0.15) is 0 Å². The summed E-state index contributed by atoms with van der Waals surface area (Å²) in [5.41, 5.74) is -0.290. The first kappa shape index (κ1) is 14.5. The summed E-state index contributed by atoms with van der Waals surface area (Å²) < 4.78 is 0. The van der Waals surface area contributed by atoms with Crippen molar-refractivity contribution < 1.29 is 29.8 Å². The van der Waals surface area contributed by atoms with Crippen LogP contribution in [0.25, 0.3) is 0 Å². The lowest BCUT2D eigenvalue weighted by Crippen LogP contribution is -2.42. The monoisotopic (exact) mass is 270 g/mol. The zero-order chi connectivity index (χ0) is 14.6. The van der Waals surface area contributed by atoms with Gasteiger partial charge in [-0.05, 0) is 6.07 Å². The van der Waals surface area contributed by atoms with E-state index in [0.29, 0.717) is 0 Å². The molecule has 0 aliphatic rings. The van der Waals surface area contributed by atoms with E-state index in [1.54, 1.807) is 0 Å². The Balaban J connectivity index is 2.79. The molecule has 0 saturated carbocycles. The molecule has 2 unspecified atom stereocenters. The molecule has 1 amide bonds. The maximum atomic E-state index is 11.4. The molecule has 102 valence electrons. The summed E-state index contributed by atoms with van der Waals surface area (Å²) in [7, 11) is 0. The molecule has 2 atom stereocenters. The molecule has 0 saturated heterocycles. The third-order valence-corrected chi connectivity index (χ3v) is 2.15. The van der Waals surface area contributed by atoms with Crippen LogP contribution in [0.3, 0.4) is 0 Å². The maximum Gasteiger partial charge on any atom is 0.335 e. The molecule has 0 spiro atoms. The van der Waals surface area contributed by atoms with E-state index < -0.39 is 29.0 Å². The van der Waals surface area contributed by atoms with Crippen molar-refractivity contribution in [1.82, 2.24) is 0 Å². The van der Waals surface area contributed by atoms with Gasteiger partial charge in [0.2, 0.25) is 0 Å². The second-order valence-electron chi connectivity index (χ2n) is 3.52. The zero-order valence-corrected chi connectivity index (χ0v) is 9.39. The molecule has 0 heterocycles. The molecule has 0 radical (unpaired) electrons. The van der Waals surface area contributed by atoms with Crippen molar-refractivity contribution >= 4 is 23.3 Å². The summed E-state index contributed by atoms with van der Waals surface area (Å²) in [6.07, 6.45) is -4.46. The van der Waals surface area contributed by atoms with Crippen LogP contribution in [0.1, 0.15) is 0 Å². The molecule has 4 N–H and O–H groups in total. The van der Waals surface area contributed by atoms with Crippen LogP contribution < -0.4 is 5.32 Å². The number of amides is 1. The van der Waals surface area contributed by atoms with E-state index in [4.69, 9.17) is 10.2 Å². The van der Waals surface area contributed by atoms with Crippen LogP contribution in [0.4, 0.5) is 11.4 Å². The molecular weight excluding hydrogens is 260 g/mol. The number of hydrogen-bond donors (Lipinski definition) is 4. The van der Waals surface area contributed by atoms with Gasteiger partial charge in [0.15, 0.2) is 12.2 Å². The Morgan fingerprint density at radius 3 is 2.42 bits per heavy atom. The van der Waals surface area contributed by atoms with Crippen molar-refractivity contribution in [3.05, 3.63) is 34.4 Å². The number of non-ortho nitro benzene ring substituents is 1. The summed E-state index contributed by atoms with van der Waals surface area (Å²) in [5.74, 6) is -2.95. The van der Waals surface area contributed by atoms with Gasteiger partial charge in [0.25, 0.3) is 11.6 Å². The average molecular weight is 270 g/mol. The zero-order valence-electron chi connectivity index (χ0n) is 9.39. The number of aliphatic hydroxyl groups excluding tert-OH is 2. The summed E-state index contributed by atoms with van der Waals surface area (Å²) in [6, 6.07) is 4.83. The second-order valence-corrected chi connectivity index (χ2v) is 3.52. The van der Waals surface area contributed by atoms with Crippen LogP contribution in [0, 0.1) is 10.1 Å². The van der Waals surface area contributed by atoms with Crippen LogP contribution >= 0.6 is 0 Å². The van der Waals surface area contributed by atoms with Crippen LogP contribution in [0.15, 0.2) is 24.3 Å². The predicted molar refractivity (Wildman–Crippen MR) is 61.4 cm³/mol.